The van der Waals surface area contributed by atoms with Gasteiger partial charge in [-0.15, -0.1) is 11.3 Å². The second-order valence-electron chi connectivity index (χ2n) is 7.07. The Hall–Kier alpha value is -2.96. The topological polar surface area (TPSA) is 61.4 Å². The van der Waals surface area contributed by atoms with E-state index >= 15 is 0 Å². The number of carbonyl (C=O) groups excluding carboxylic acids is 2. The summed E-state index contributed by atoms with van der Waals surface area (Å²) < 4.78 is 0. The number of hydrogen-bond donors (Lipinski definition) is 2. The lowest BCUT2D eigenvalue weighted by atomic mass is 10.0. The molecule has 2 amide bonds. The van der Waals surface area contributed by atoms with Crippen molar-refractivity contribution in [3.8, 4) is 0 Å². The Morgan fingerprint density at radius 3 is 2.28 bits per heavy atom. The van der Waals surface area contributed by atoms with Crippen molar-refractivity contribution < 1.29 is 9.59 Å². The van der Waals surface area contributed by atoms with E-state index in [9.17, 15) is 9.59 Å². The Kier molecular flexibility index (Phi) is 6.80. The summed E-state index contributed by atoms with van der Waals surface area (Å²) in [5.74, 6) is -0.202. The van der Waals surface area contributed by atoms with Gasteiger partial charge in [0.15, 0.2) is 0 Å². The van der Waals surface area contributed by atoms with E-state index in [1.807, 2.05) is 11.4 Å². The largest absolute Gasteiger partial charge is 0.345 e. The maximum atomic E-state index is 12.5. The third-order valence-electron chi connectivity index (χ3n) is 4.53. The highest BCUT2D eigenvalue weighted by atomic mass is 32.1. The van der Waals surface area contributed by atoms with E-state index in [0.717, 1.165) is 10.4 Å². The molecule has 0 spiro atoms. The van der Waals surface area contributed by atoms with Crippen molar-refractivity contribution in [2.45, 2.75) is 13.0 Å². The van der Waals surface area contributed by atoms with Crippen molar-refractivity contribution in [3.63, 3.8) is 0 Å². The summed E-state index contributed by atoms with van der Waals surface area (Å²) in [6.45, 7) is 2.23. The SMILES string of the molecule is Cc1ccc([C@H](NCC(=O)Nc2ccc(C(=O)N(C)C)cc2)c2cccs2)cc1. The molecule has 0 aliphatic rings. The zero-order valence-electron chi connectivity index (χ0n) is 16.8. The molecule has 3 aromatic rings. The monoisotopic (exact) mass is 407 g/mol. The van der Waals surface area contributed by atoms with Crippen LogP contribution in [0.3, 0.4) is 0 Å². The minimum atomic E-state index is -0.134. The molecule has 5 nitrogen and oxygen atoms in total. The van der Waals surface area contributed by atoms with E-state index in [2.05, 4.69) is 47.9 Å². The lowest BCUT2D eigenvalue weighted by molar-refractivity contribution is -0.115. The van der Waals surface area contributed by atoms with Gasteiger partial charge in [-0.05, 0) is 48.2 Å². The number of nitrogens with zero attached hydrogens (tertiary/aromatic N) is 1. The highest BCUT2D eigenvalue weighted by Gasteiger charge is 2.16. The van der Waals surface area contributed by atoms with Crippen LogP contribution in [-0.2, 0) is 4.79 Å². The van der Waals surface area contributed by atoms with Crippen molar-refractivity contribution >= 4 is 28.8 Å². The Morgan fingerprint density at radius 1 is 1.00 bits per heavy atom. The highest BCUT2D eigenvalue weighted by molar-refractivity contribution is 7.10. The molecular weight excluding hydrogens is 382 g/mol. The van der Waals surface area contributed by atoms with Crippen LogP contribution in [0.25, 0.3) is 0 Å². The third kappa shape index (κ3) is 5.53. The smallest absolute Gasteiger partial charge is 0.253 e. The normalized spacial score (nSPS) is 11.7. The third-order valence-corrected chi connectivity index (χ3v) is 5.46. The summed E-state index contributed by atoms with van der Waals surface area (Å²) in [6, 6.07) is 19.3. The van der Waals surface area contributed by atoms with E-state index < -0.39 is 0 Å². The number of benzene rings is 2. The second-order valence-corrected chi connectivity index (χ2v) is 8.04. The summed E-state index contributed by atoms with van der Waals surface area (Å²) in [4.78, 5) is 27.1. The minimum Gasteiger partial charge on any atom is -0.345 e. The average Bonchev–Trinajstić information content (AvgIpc) is 3.24. The maximum Gasteiger partial charge on any atom is 0.253 e. The highest BCUT2D eigenvalue weighted by Crippen LogP contribution is 2.26. The standard InChI is InChI=1S/C23H25N3O2S/c1-16-6-8-17(9-7-16)22(20-5-4-14-29-20)24-15-21(27)25-19-12-10-18(11-13-19)23(28)26(2)3/h4-14,22,24H,15H2,1-3H3,(H,25,27)/t22-/m0/s1. The van der Waals surface area contributed by atoms with E-state index in [-0.39, 0.29) is 24.4 Å². The van der Waals surface area contributed by atoms with Crippen LogP contribution >= 0.6 is 11.3 Å². The molecule has 2 aromatic carbocycles. The molecule has 0 unspecified atom stereocenters. The second kappa shape index (κ2) is 9.49. The molecule has 1 aromatic heterocycles. The molecule has 0 saturated heterocycles. The quantitative estimate of drug-likeness (QED) is 0.620. The molecule has 150 valence electrons. The van der Waals surface area contributed by atoms with Gasteiger partial charge in [-0.25, -0.2) is 0 Å². The Morgan fingerprint density at radius 2 is 1.69 bits per heavy atom. The molecule has 0 radical (unpaired) electrons. The zero-order chi connectivity index (χ0) is 20.8. The number of amides is 2. The van der Waals surface area contributed by atoms with Gasteiger partial charge in [0, 0.05) is 30.2 Å². The van der Waals surface area contributed by atoms with E-state index in [0.29, 0.717) is 11.3 Å². The van der Waals surface area contributed by atoms with E-state index in [1.54, 1.807) is 49.7 Å². The number of rotatable bonds is 7. The Balaban J connectivity index is 1.63. The van der Waals surface area contributed by atoms with Crippen LogP contribution in [0.1, 0.15) is 32.4 Å². The molecule has 6 heteroatoms. The van der Waals surface area contributed by atoms with Crippen LogP contribution in [0.5, 0.6) is 0 Å². The molecule has 1 atom stereocenters. The molecule has 3 rings (SSSR count). The van der Waals surface area contributed by atoms with E-state index in [4.69, 9.17) is 0 Å². The van der Waals surface area contributed by atoms with E-state index in [1.165, 1.54) is 10.5 Å². The number of aryl methyl sites for hydroxylation is 1. The van der Waals surface area contributed by atoms with Crippen molar-refractivity contribution in [2.24, 2.45) is 0 Å². The average molecular weight is 408 g/mol. The van der Waals surface area contributed by atoms with Gasteiger partial charge in [-0.1, -0.05) is 35.9 Å². The van der Waals surface area contributed by atoms with Crippen molar-refractivity contribution in [2.75, 3.05) is 26.0 Å². The number of hydrogen-bond acceptors (Lipinski definition) is 4. The molecule has 0 bridgehead atoms. The molecule has 0 saturated carbocycles. The van der Waals surface area contributed by atoms with Gasteiger partial charge >= 0.3 is 0 Å². The Labute approximate surface area is 175 Å². The molecule has 0 aliphatic carbocycles. The van der Waals surface area contributed by atoms with Crippen LogP contribution in [0.2, 0.25) is 0 Å². The maximum absolute atomic E-state index is 12.5. The molecular formula is C23H25N3O2S. The van der Waals surface area contributed by atoms with Gasteiger partial charge in [0.25, 0.3) is 5.91 Å². The first-order valence-electron chi connectivity index (χ1n) is 9.39. The predicted octanol–water partition coefficient (Wildman–Crippen LogP) is 4.08. The van der Waals surface area contributed by atoms with Crippen molar-refractivity contribution in [1.82, 2.24) is 10.2 Å². The summed E-state index contributed by atoms with van der Waals surface area (Å²) in [7, 11) is 3.42. The van der Waals surface area contributed by atoms with Crippen LogP contribution < -0.4 is 10.6 Å². The van der Waals surface area contributed by atoms with Gasteiger partial charge in [0.05, 0.1) is 12.6 Å². The summed E-state index contributed by atoms with van der Waals surface area (Å²) in [6.07, 6.45) is 0. The number of carbonyl (C=O) groups is 2. The van der Waals surface area contributed by atoms with Gasteiger partial charge in [0.2, 0.25) is 5.91 Å². The summed E-state index contributed by atoms with van der Waals surface area (Å²) in [5.41, 5.74) is 3.57. The van der Waals surface area contributed by atoms with Gasteiger partial charge < -0.3 is 10.2 Å². The van der Waals surface area contributed by atoms with Crippen LogP contribution in [0, 0.1) is 6.92 Å². The van der Waals surface area contributed by atoms with Crippen LogP contribution in [0.4, 0.5) is 5.69 Å². The van der Waals surface area contributed by atoms with Crippen LogP contribution in [0.15, 0.2) is 66.0 Å². The van der Waals surface area contributed by atoms with Gasteiger partial charge in [0.1, 0.15) is 0 Å². The summed E-state index contributed by atoms with van der Waals surface area (Å²) >= 11 is 1.66. The first-order valence-corrected chi connectivity index (χ1v) is 10.3. The van der Waals surface area contributed by atoms with Crippen molar-refractivity contribution in [1.29, 1.82) is 0 Å². The number of nitrogens with one attached hydrogen (secondary N) is 2. The van der Waals surface area contributed by atoms with Gasteiger partial charge in [-0.3, -0.25) is 14.9 Å². The number of anilines is 1. The molecule has 29 heavy (non-hydrogen) atoms. The van der Waals surface area contributed by atoms with Crippen LogP contribution in [-0.4, -0.2) is 37.4 Å². The fraction of sp³-hybridized carbons (Fsp3) is 0.217. The molecule has 2 N–H and O–H groups in total. The Bertz CT molecular complexity index is 949. The van der Waals surface area contributed by atoms with Gasteiger partial charge in [-0.2, -0.15) is 0 Å². The molecule has 0 fully saturated rings. The first kappa shape index (κ1) is 20.8. The first-order chi connectivity index (χ1) is 13.9. The number of thiophene rings is 1. The predicted molar refractivity (Wildman–Crippen MR) is 118 cm³/mol. The lowest BCUT2D eigenvalue weighted by Crippen LogP contribution is -2.31. The lowest BCUT2D eigenvalue weighted by Gasteiger charge is -2.18. The fourth-order valence-electron chi connectivity index (χ4n) is 2.95. The summed E-state index contributed by atoms with van der Waals surface area (Å²) in [5, 5.41) is 8.27. The van der Waals surface area contributed by atoms with Crippen molar-refractivity contribution in [3.05, 3.63) is 87.6 Å². The zero-order valence-corrected chi connectivity index (χ0v) is 17.6. The molecule has 1 heterocycles. The molecule has 0 aliphatic heterocycles. The fourth-order valence-corrected chi connectivity index (χ4v) is 3.78. The minimum absolute atomic E-state index is 0.0403.